The van der Waals surface area contributed by atoms with E-state index < -0.39 is 12.4 Å². The molecule has 1 aromatic carbocycles. The first-order valence-electron chi connectivity index (χ1n) is 3.64. The Morgan fingerprint density at radius 2 is 1.92 bits per heavy atom. The van der Waals surface area contributed by atoms with E-state index in [9.17, 15) is 10.2 Å². The number of phenols is 2. The van der Waals surface area contributed by atoms with Crippen LogP contribution in [-0.4, -0.2) is 21.6 Å². The zero-order valence-corrected chi connectivity index (χ0v) is 7.19. The number of halogens is 1. The van der Waals surface area contributed by atoms with Gasteiger partial charge in [-0.1, -0.05) is 11.6 Å². The molecule has 0 saturated carbocycles. The zero-order valence-electron chi connectivity index (χ0n) is 6.44. The molecule has 2 unspecified atom stereocenters. The maximum atomic E-state index is 9.35. The Hall–Kier alpha value is -0.970. The third-order valence-electron chi connectivity index (χ3n) is 1.86. The third kappa shape index (κ3) is 1.44. The Bertz CT molecular complexity index is 352. The second kappa shape index (κ2) is 2.77. The normalized spacial score (nSPS) is 26.0. The molecule has 2 rings (SSSR count). The number of aliphatic hydroxyl groups excluding tert-OH is 1. The van der Waals surface area contributed by atoms with Crippen LogP contribution in [0.15, 0.2) is 12.1 Å². The quantitative estimate of drug-likeness (QED) is 0.472. The molecule has 5 heteroatoms. The highest BCUT2D eigenvalue weighted by molar-refractivity contribution is 6.30. The molecule has 0 aliphatic carbocycles. The highest BCUT2D eigenvalue weighted by Gasteiger charge is 2.41. The van der Waals surface area contributed by atoms with Crippen LogP contribution in [0.25, 0.3) is 0 Å². The minimum atomic E-state index is -0.913. The number of benzene rings is 1. The summed E-state index contributed by atoms with van der Waals surface area (Å²) in [7, 11) is 0. The van der Waals surface area contributed by atoms with Crippen LogP contribution in [0.3, 0.4) is 0 Å². The highest BCUT2D eigenvalue weighted by Crippen LogP contribution is 2.45. The molecule has 1 aliphatic rings. The average molecular weight is 203 g/mol. The molecule has 1 fully saturated rings. The monoisotopic (exact) mass is 202 g/mol. The molecular weight excluding hydrogens is 196 g/mol. The maximum Gasteiger partial charge on any atom is 0.186 e. The van der Waals surface area contributed by atoms with Crippen LogP contribution in [-0.2, 0) is 4.74 Å². The Morgan fingerprint density at radius 3 is 2.46 bits per heavy atom. The Balaban J connectivity index is 2.44. The number of hydrogen-bond acceptors (Lipinski definition) is 4. The molecule has 1 aliphatic heterocycles. The van der Waals surface area contributed by atoms with Crippen molar-refractivity contribution >= 4 is 11.6 Å². The van der Waals surface area contributed by atoms with Gasteiger partial charge in [-0.05, 0) is 6.07 Å². The van der Waals surface area contributed by atoms with Crippen molar-refractivity contribution in [1.29, 1.82) is 0 Å². The van der Waals surface area contributed by atoms with Gasteiger partial charge in [0, 0.05) is 16.7 Å². The van der Waals surface area contributed by atoms with Gasteiger partial charge in [-0.15, -0.1) is 0 Å². The topological polar surface area (TPSA) is 73.2 Å². The summed E-state index contributed by atoms with van der Waals surface area (Å²) in [5.41, 5.74) is 0.303. The maximum absolute atomic E-state index is 9.35. The standard InChI is InChI=1S/C8H7ClO4/c9-3-1-4(7-8(12)13-7)6(11)5(10)2-3/h1-2,7-8,10-12H. The number of rotatable bonds is 1. The fourth-order valence-electron chi connectivity index (χ4n) is 1.15. The smallest absolute Gasteiger partial charge is 0.186 e. The molecule has 1 aromatic rings. The van der Waals surface area contributed by atoms with Crippen molar-refractivity contribution in [2.45, 2.75) is 12.4 Å². The summed E-state index contributed by atoms with van der Waals surface area (Å²) in [5, 5.41) is 27.7. The number of aromatic hydroxyl groups is 2. The summed E-state index contributed by atoms with van der Waals surface area (Å²) in [6.45, 7) is 0. The summed E-state index contributed by atoms with van der Waals surface area (Å²) < 4.78 is 4.72. The van der Waals surface area contributed by atoms with Crippen molar-refractivity contribution < 1.29 is 20.1 Å². The highest BCUT2D eigenvalue weighted by atomic mass is 35.5. The molecule has 1 heterocycles. The second-order valence-corrected chi connectivity index (χ2v) is 3.25. The molecule has 0 radical (unpaired) electrons. The van der Waals surface area contributed by atoms with E-state index in [0.717, 1.165) is 0 Å². The Morgan fingerprint density at radius 1 is 1.31 bits per heavy atom. The predicted molar refractivity (Wildman–Crippen MR) is 44.6 cm³/mol. The second-order valence-electron chi connectivity index (χ2n) is 2.81. The molecule has 1 saturated heterocycles. The van der Waals surface area contributed by atoms with E-state index in [1.807, 2.05) is 0 Å². The van der Waals surface area contributed by atoms with Crippen molar-refractivity contribution in [3.63, 3.8) is 0 Å². The Labute approximate surface area is 79.0 Å². The van der Waals surface area contributed by atoms with Crippen LogP contribution in [0.5, 0.6) is 11.5 Å². The van der Waals surface area contributed by atoms with Crippen LogP contribution in [0.1, 0.15) is 11.7 Å². The molecule has 13 heavy (non-hydrogen) atoms. The van der Waals surface area contributed by atoms with E-state index in [-0.39, 0.29) is 16.5 Å². The minimum absolute atomic E-state index is 0.285. The fourth-order valence-corrected chi connectivity index (χ4v) is 1.37. The lowest BCUT2D eigenvalue weighted by molar-refractivity contribution is 0.156. The number of ether oxygens (including phenoxy) is 1. The van der Waals surface area contributed by atoms with Gasteiger partial charge in [0.15, 0.2) is 17.8 Å². The van der Waals surface area contributed by atoms with Crippen LogP contribution < -0.4 is 0 Å². The van der Waals surface area contributed by atoms with Crippen LogP contribution in [0.2, 0.25) is 5.02 Å². The number of aliphatic hydroxyl groups is 1. The minimum Gasteiger partial charge on any atom is -0.504 e. The van der Waals surface area contributed by atoms with Gasteiger partial charge in [-0.2, -0.15) is 0 Å². The van der Waals surface area contributed by atoms with Crippen molar-refractivity contribution in [1.82, 2.24) is 0 Å². The fraction of sp³-hybridized carbons (Fsp3) is 0.250. The largest absolute Gasteiger partial charge is 0.504 e. The summed E-state index contributed by atoms with van der Waals surface area (Å²) in [6.07, 6.45) is -1.49. The first-order valence-corrected chi connectivity index (χ1v) is 4.02. The molecular formula is C8H7ClO4. The van der Waals surface area contributed by atoms with Gasteiger partial charge in [0.2, 0.25) is 0 Å². The van der Waals surface area contributed by atoms with Crippen molar-refractivity contribution in [2.24, 2.45) is 0 Å². The van der Waals surface area contributed by atoms with Gasteiger partial charge in [0.25, 0.3) is 0 Å². The van der Waals surface area contributed by atoms with E-state index in [1.165, 1.54) is 12.1 Å². The van der Waals surface area contributed by atoms with Crippen molar-refractivity contribution in [3.8, 4) is 11.5 Å². The van der Waals surface area contributed by atoms with Gasteiger partial charge in [-0.3, -0.25) is 0 Å². The summed E-state index contributed by atoms with van der Waals surface area (Å²) in [4.78, 5) is 0. The summed E-state index contributed by atoms with van der Waals surface area (Å²) in [5.74, 6) is -0.615. The first kappa shape index (κ1) is 8.62. The Kier molecular flexibility index (Phi) is 1.83. The number of hydrogen-bond donors (Lipinski definition) is 3. The number of epoxide rings is 1. The van der Waals surface area contributed by atoms with Crippen LogP contribution in [0.4, 0.5) is 0 Å². The molecule has 0 bridgehead atoms. The predicted octanol–water partition coefficient (Wildman–Crippen LogP) is 1.14. The molecule has 70 valence electrons. The van der Waals surface area contributed by atoms with Gasteiger partial charge in [-0.25, -0.2) is 0 Å². The van der Waals surface area contributed by atoms with E-state index in [1.54, 1.807) is 0 Å². The first-order chi connectivity index (χ1) is 6.09. The molecule has 0 spiro atoms. The zero-order chi connectivity index (χ0) is 9.59. The van der Waals surface area contributed by atoms with E-state index in [0.29, 0.717) is 5.56 Å². The molecule has 3 N–H and O–H groups in total. The van der Waals surface area contributed by atoms with Gasteiger partial charge in [0.1, 0.15) is 6.10 Å². The van der Waals surface area contributed by atoms with E-state index in [2.05, 4.69) is 0 Å². The lowest BCUT2D eigenvalue weighted by atomic mass is 10.1. The summed E-state index contributed by atoms with van der Waals surface area (Å²) >= 11 is 5.63. The SMILES string of the molecule is Oc1cc(Cl)cc(C2OC2O)c1O. The molecule has 0 amide bonds. The molecule has 2 atom stereocenters. The van der Waals surface area contributed by atoms with Gasteiger partial charge < -0.3 is 20.1 Å². The van der Waals surface area contributed by atoms with Crippen molar-refractivity contribution in [3.05, 3.63) is 22.7 Å². The average Bonchev–Trinajstić information content (AvgIpc) is 2.75. The lowest BCUT2D eigenvalue weighted by Gasteiger charge is -2.03. The molecule has 4 nitrogen and oxygen atoms in total. The van der Waals surface area contributed by atoms with E-state index >= 15 is 0 Å². The van der Waals surface area contributed by atoms with Gasteiger partial charge >= 0.3 is 0 Å². The van der Waals surface area contributed by atoms with Crippen LogP contribution in [0, 0.1) is 0 Å². The van der Waals surface area contributed by atoms with Crippen molar-refractivity contribution in [2.75, 3.05) is 0 Å². The lowest BCUT2D eigenvalue weighted by Crippen LogP contribution is -1.87. The summed E-state index contributed by atoms with van der Waals surface area (Å²) in [6, 6.07) is 2.66. The number of phenolic OH excluding ortho intramolecular Hbond substituents is 2. The van der Waals surface area contributed by atoms with Gasteiger partial charge in [0.05, 0.1) is 0 Å². The molecule has 0 aromatic heterocycles. The van der Waals surface area contributed by atoms with Crippen LogP contribution >= 0.6 is 11.6 Å². The van der Waals surface area contributed by atoms with E-state index in [4.69, 9.17) is 21.4 Å². The third-order valence-corrected chi connectivity index (χ3v) is 2.08.